The van der Waals surface area contributed by atoms with Crippen molar-refractivity contribution in [3.8, 4) is 0 Å². The quantitative estimate of drug-likeness (QED) is 0.810. The van der Waals surface area contributed by atoms with E-state index in [1.165, 1.54) is 4.90 Å². The third-order valence-corrected chi connectivity index (χ3v) is 3.49. The average molecular weight is 368 g/mol. The van der Waals surface area contributed by atoms with Gasteiger partial charge in [-0.1, -0.05) is 6.92 Å². The topological polar surface area (TPSA) is 49.6 Å². The highest BCUT2D eigenvalue weighted by atomic mass is 35.5. The van der Waals surface area contributed by atoms with Gasteiger partial charge in [0.05, 0.1) is 12.1 Å². The molecule has 1 fully saturated rings. The van der Waals surface area contributed by atoms with Gasteiger partial charge in [-0.3, -0.25) is 9.69 Å². The molecule has 0 radical (unpaired) electrons. The highest BCUT2D eigenvalue weighted by molar-refractivity contribution is 5.86. The van der Waals surface area contributed by atoms with E-state index in [4.69, 9.17) is 5.73 Å². The standard InChI is InChI=1S/C13H24F3N3O.2ClH/c1-4-18(9-13(14,15)16)7-10-5-6-19(8-10)11(20)12(2,3)17;;/h10H,4-9,17H2,1-3H3;2*1H. The largest absolute Gasteiger partial charge is 0.401 e. The van der Waals surface area contributed by atoms with Gasteiger partial charge in [0.25, 0.3) is 0 Å². The van der Waals surface area contributed by atoms with Crippen molar-refractivity contribution < 1.29 is 18.0 Å². The van der Waals surface area contributed by atoms with Crippen LogP contribution in [0.2, 0.25) is 0 Å². The van der Waals surface area contributed by atoms with Crippen molar-refractivity contribution in [2.24, 2.45) is 11.7 Å². The summed E-state index contributed by atoms with van der Waals surface area (Å²) >= 11 is 0. The Bertz CT molecular complexity index is 348. The van der Waals surface area contributed by atoms with Crippen LogP contribution in [0.4, 0.5) is 13.2 Å². The van der Waals surface area contributed by atoms with Crippen LogP contribution in [-0.2, 0) is 4.79 Å². The molecule has 0 saturated carbocycles. The van der Waals surface area contributed by atoms with Gasteiger partial charge in [0.2, 0.25) is 5.91 Å². The maximum Gasteiger partial charge on any atom is 0.401 e. The summed E-state index contributed by atoms with van der Waals surface area (Å²) in [4.78, 5) is 15.0. The van der Waals surface area contributed by atoms with Crippen LogP contribution in [0.25, 0.3) is 0 Å². The van der Waals surface area contributed by atoms with E-state index in [9.17, 15) is 18.0 Å². The molecule has 134 valence electrons. The summed E-state index contributed by atoms with van der Waals surface area (Å²) < 4.78 is 37.2. The number of halogens is 5. The first kappa shape index (κ1) is 24.0. The van der Waals surface area contributed by atoms with Crippen LogP contribution in [0.3, 0.4) is 0 Å². The first-order valence-corrected chi connectivity index (χ1v) is 6.90. The molecular weight excluding hydrogens is 342 g/mol. The summed E-state index contributed by atoms with van der Waals surface area (Å²) in [5.74, 6) is -0.0533. The molecular formula is C13H26Cl2F3N3O. The molecule has 0 aliphatic carbocycles. The molecule has 0 aromatic heterocycles. The first-order chi connectivity index (χ1) is 9.03. The third kappa shape index (κ3) is 7.85. The minimum absolute atomic E-state index is 0. The second-order valence-electron chi connectivity index (χ2n) is 6.07. The zero-order valence-electron chi connectivity index (χ0n) is 13.2. The first-order valence-electron chi connectivity index (χ1n) is 6.90. The van der Waals surface area contributed by atoms with Crippen LogP contribution >= 0.6 is 24.8 Å². The normalized spacial score (nSPS) is 18.9. The number of hydrogen-bond acceptors (Lipinski definition) is 3. The number of alkyl halides is 3. The van der Waals surface area contributed by atoms with Crippen LogP contribution in [0.1, 0.15) is 27.2 Å². The van der Waals surface area contributed by atoms with Gasteiger partial charge in [0.1, 0.15) is 0 Å². The van der Waals surface area contributed by atoms with Gasteiger partial charge in [0, 0.05) is 19.6 Å². The molecule has 1 aliphatic rings. The smallest absolute Gasteiger partial charge is 0.341 e. The van der Waals surface area contributed by atoms with Crippen LogP contribution in [0.5, 0.6) is 0 Å². The van der Waals surface area contributed by atoms with Crippen molar-refractivity contribution in [2.75, 3.05) is 32.7 Å². The van der Waals surface area contributed by atoms with Crippen molar-refractivity contribution in [3.05, 3.63) is 0 Å². The number of likely N-dealkylation sites (tertiary alicyclic amines) is 1. The lowest BCUT2D eigenvalue weighted by Gasteiger charge is -2.27. The highest BCUT2D eigenvalue weighted by Crippen LogP contribution is 2.22. The van der Waals surface area contributed by atoms with Crippen LogP contribution in [0, 0.1) is 5.92 Å². The molecule has 0 bridgehead atoms. The molecule has 22 heavy (non-hydrogen) atoms. The fraction of sp³-hybridized carbons (Fsp3) is 0.923. The second-order valence-corrected chi connectivity index (χ2v) is 6.07. The molecule has 1 amide bonds. The van der Waals surface area contributed by atoms with Gasteiger partial charge in [-0.2, -0.15) is 13.2 Å². The molecule has 0 aromatic carbocycles. The number of amides is 1. The molecule has 1 aliphatic heterocycles. The van der Waals surface area contributed by atoms with Gasteiger partial charge in [0.15, 0.2) is 0 Å². The van der Waals surface area contributed by atoms with E-state index in [0.717, 1.165) is 6.42 Å². The predicted octanol–water partition coefficient (Wildman–Crippen LogP) is 2.30. The minimum Gasteiger partial charge on any atom is -0.341 e. The van der Waals surface area contributed by atoms with Gasteiger partial charge in [-0.15, -0.1) is 24.8 Å². The van der Waals surface area contributed by atoms with E-state index in [2.05, 4.69) is 0 Å². The van der Waals surface area contributed by atoms with E-state index in [1.54, 1.807) is 25.7 Å². The van der Waals surface area contributed by atoms with Crippen molar-refractivity contribution >= 4 is 30.7 Å². The number of hydrogen-bond donors (Lipinski definition) is 1. The SMILES string of the molecule is CCN(CC1CCN(C(=O)C(C)(C)N)C1)CC(F)(F)F.Cl.Cl. The lowest BCUT2D eigenvalue weighted by atomic mass is 10.1. The van der Waals surface area contributed by atoms with Crippen molar-refractivity contribution in [1.29, 1.82) is 0 Å². The maximum atomic E-state index is 12.4. The maximum absolute atomic E-state index is 12.4. The number of carbonyl (C=O) groups is 1. The van der Waals surface area contributed by atoms with E-state index in [0.29, 0.717) is 26.2 Å². The fourth-order valence-electron chi connectivity index (χ4n) is 2.50. The Morgan fingerprint density at radius 2 is 1.86 bits per heavy atom. The summed E-state index contributed by atoms with van der Waals surface area (Å²) in [7, 11) is 0. The Labute approximate surface area is 142 Å². The van der Waals surface area contributed by atoms with Gasteiger partial charge < -0.3 is 10.6 Å². The summed E-state index contributed by atoms with van der Waals surface area (Å²) in [5, 5.41) is 0. The van der Waals surface area contributed by atoms with Crippen LogP contribution in [-0.4, -0.2) is 60.1 Å². The second kappa shape index (κ2) is 9.15. The third-order valence-electron chi connectivity index (χ3n) is 3.49. The molecule has 4 nitrogen and oxygen atoms in total. The molecule has 1 saturated heterocycles. The average Bonchev–Trinajstić information content (AvgIpc) is 2.72. The Balaban J connectivity index is 0. The lowest BCUT2D eigenvalue weighted by molar-refractivity contribution is -0.147. The molecule has 1 unspecified atom stereocenters. The monoisotopic (exact) mass is 367 g/mol. The van der Waals surface area contributed by atoms with Crippen LogP contribution in [0.15, 0.2) is 0 Å². The van der Waals surface area contributed by atoms with Gasteiger partial charge >= 0.3 is 6.18 Å². The minimum atomic E-state index is -4.18. The molecule has 1 rings (SSSR count). The van der Waals surface area contributed by atoms with Gasteiger partial charge in [-0.25, -0.2) is 0 Å². The van der Waals surface area contributed by atoms with E-state index in [1.807, 2.05) is 0 Å². The van der Waals surface area contributed by atoms with Gasteiger partial charge in [-0.05, 0) is 32.7 Å². The van der Waals surface area contributed by atoms with Crippen molar-refractivity contribution in [3.63, 3.8) is 0 Å². The van der Waals surface area contributed by atoms with E-state index >= 15 is 0 Å². The number of nitrogens with two attached hydrogens (primary N) is 1. The summed E-state index contributed by atoms with van der Waals surface area (Å²) in [6.45, 7) is 5.90. The summed E-state index contributed by atoms with van der Waals surface area (Å²) in [5.41, 5.74) is 4.84. The van der Waals surface area contributed by atoms with Crippen molar-refractivity contribution in [2.45, 2.75) is 38.9 Å². The number of nitrogens with zero attached hydrogens (tertiary/aromatic N) is 2. The molecule has 0 aromatic rings. The lowest BCUT2D eigenvalue weighted by Crippen LogP contribution is -2.50. The van der Waals surface area contributed by atoms with E-state index < -0.39 is 18.3 Å². The summed E-state index contributed by atoms with van der Waals surface area (Å²) in [6.07, 6.45) is -3.44. The Morgan fingerprint density at radius 1 is 1.32 bits per heavy atom. The van der Waals surface area contributed by atoms with Crippen LogP contribution < -0.4 is 5.73 Å². The van der Waals surface area contributed by atoms with Crippen molar-refractivity contribution in [1.82, 2.24) is 9.80 Å². The molecule has 1 atom stereocenters. The Kier molecular flexibility index (Phi) is 9.99. The highest BCUT2D eigenvalue weighted by Gasteiger charge is 2.35. The molecule has 9 heteroatoms. The molecule has 0 spiro atoms. The zero-order valence-corrected chi connectivity index (χ0v) is 14.8. The number of carbonyl (C=O) groups excluding carboxylic acids is 1. The Hall–Kier alpha value is -0.240. The molecule has 2 N–H and O–H groups in total. The van der Waals surface area contributed by atoms with E-state index in [-0.39, 0.29) is 36.6 Å². The number of rotatable bonds is 5. The summed E-state index contributed by atoms with van der Waals surface area (Å²) in [6, 6.07) is 0. The zero-order chi connectivity index (χ0) is 15.6. The Morgan fingerprint density at radius 3 is 2.27 bits per heavy atom. The molecule has 1 heterocycles. The predicted molar refractivity (Wildman–Crippen MR) is 85.6 cm³/mol. The fourth-order valence-corrected chi connectivity index (χ4v) is 2.50.